The number of carbonyl (C=O) groups excluding carboxylic acids is 1. The minimum absolute atomic E-state index is 0.0619. The summed E-state index contributed by atoms with van der Waals surface area (Å²) in [6.07, 6.45) is 2.96. The molecule has 19 heavy (non-hydrogen) atoms. The van der Waals surface area contributed by atoms with E-state index in [9.17, 15) is 13.6 Å². The highest BCUT2D eigenvalue weighted by molar-refractivity contribution is 6.33. The second kappa shape index (κ2) is 5.79. The van der Waals surface area contributed by atoms with Gasteiger partial charge in [0, 0.05) is 12.4 Å². The highest BCUT2D eigenvalue weighted by Crippen LogP contribution is 2.25. The summed E-state index contributed by atoms with van der Waals surface area (Å²) < 4.78 is 31.2. The van der Waals surface area contributed by atoms with E-state index in [-0.39, 0.29) is 28.8 Å². The molecule has 2 aromatic rings. The first kappa shape index (κ1) is 13.5. The molecule has 4 nitrogen and oxygen atoms in total. The van der Waals surface area contributed by atoms with E-state index in [0.29, 0.717) is 10.9 Å². The molecular formula is C12H9ClF2N2O2. The van der Waals surface area contributed by atoms with Crippen molar-refractivity contribution in [2.75, 3.05) is 0 Å². The van der Waals surface area contributed by atoms with Crippen molar-refractivity contribution in [2.24, 2.45) is 0 Å². The lowest BCUT2D eigenvalue weighted by atomic mass is 10.2. The Kier molecular flexibility index (Phi) is 4.11. The number of carbonyl (C=O) groups is 1. The Hall–Kier alpha value is -1.95. The normalized spacial score (nSPS) is 10.7. The van der Waals surface area contributed by atoms with Gasteiger partial charge in [-0.3, -0.25) is 9.36 Å². The predicted molar refractivity (Wildman–Crippen MR) is 64.7 cm³/mol. The molecule has 0 aliphatic heterocycles. The Labute approximate surface area is 112 Å². The van der Waals surface area contributed by atoms with Gasteiger partial charge in [-0.1, -0.05) is 17.7 Å². The van der Waals surface area contributed by atoms with Crippen LogP contribution >= 0.6 is 11.6 Å². The van der Waals surface area contributed by atoms with Gasteiger partial charge in [0.15, 0.2) is 12.1 Å². The smallest absolute Gasteiger partial charge is 0.320 e. The average molecular weight is 287 g/mol. The Morgan fingerprint density at radius 1 is 1.47 bits per heavy atom. The molecule has 0 spiro atoms. The fourth-order valence-corrected chi connectivity index (χ4v) is 1.74. The predicted octanol–water partition coefficient (Wildman–Crippen LogP) is 3.32. The van der Waals surface area contributed by atoms with Gasteiger partial charge in [-0.2, -0.15) is 8.78 Å². The summed E-state index contributed by atoms with van der Waals surface area (Å²) in [5.74, 6) is 0.290. The monoisotopic (exact) mass is 286 g/mol. The van der Waals surface area contributed by atoms with Gasteiger partial charge in [-0.05, 0) is 12.1 Å². The Bertz CT molecular complexity index is 587. The second-order valence-electron chi connectivity index (χ2n) is 3.59. The highest BCUT2D eigenvalue weighted by atomic mass is 35.5. The molecule has 7 heteroatoms. The largest absolute Gasteiger partial charge is 0.485 e. The second-order valence-corrected chi connectivity index (χ2v) is 3.99. The number of aldehydes is 1. The molecule has 2 rings (SSSR count). The van der Waals surface area contributed by atoms with Crippen LogP contribution in [0.25, 0.3) is 0 Å². The van der Waals surface area contributed by atoms with Crippen molar-refractivity contribution in [2.45, 2.75) is 13.2 Å². The zero-order chi connectivity index (χ0) is 13.8. The lowest BCUT2D eigenvalue weighted by molar-refractivity contribution is 0.0631. The number of nitrogens with zero attached hydrogens (tertiary/aromatic N) is 2. The summed E-state index contributed by atoms with van der Waals surface area (Å²) >= 11 is 5.82. The van der Waals surface area contributed by atoms with Crippen LogP contribution in [0.4, 0.5) is 8.78 Å². The van der Waals surface area contributed by atoms with Gasteiger partial charge < -0.3 is 4.74 Å². The summed E-state index contributed by atoms with van der Waals surface area (Å²) in [5, 5.41) is 0.240. The van der Waals surface area contributed by atoms with Gasteiger partial charge in [0.05, 0.1) is 10.6 Å². The quantitative estimate of drug-likeness (QED) is 0.792. The summed E-state index contributed by atoms with van der Waals surface area (Å²) in [5.41, 5.74) is 0.180. The van der Waals surface area contributed by atoms with Gasteiger partial charge in [-0.15, -0.1) is 0 Å². The van der Waals surface area contributed by atoms with Crippen molar-refractivity contribution >= 4 is 17.9 Å². The molecule has 0 saturated heterocycles. The lowest BCUT2D eigenvalue weighted by Gasteiger charge is -2.10. The SMILES string of the molecule is O=Cc1c(Cl)cccc1OCc1nccn1C(F)F. The number of ether oxygens (including phenoxy) is 1. The maximum atomic E-state index is 12.6. The van der Waals surface area contributed by atoms with Crippen LogP contribution in [0.5, 0.6) is 5.75 Å². The first-order valence-electron chi connectivity index (χ1n) is 5.30. The number of rotatable bonds is 5. The van der Waals surface area contributed by atoms with E-state index in [1.54, 1.807) is 6.07 Å². The average Bonchev–Trinajstić information content (AvgIpc) is 2.84. The van der Waals surface area contributed by atoms with Crippen molar-refractivity contribution in [3.63, 3.8) is 0 Å². The topological polar surface area (TPSA) is 44.1 Å². The minimum atomic E-state index is -2.69. The van der Waals surface area contributed by atoms with Crippen LogP contribution in [0.15, 0.2) is 30.6 Å². The number of hydrogen-bond acceptors (Lipinski definition) is 3. The maximum Gasteiger partial charge on any atom is 0.320 e. The number of benzene rings is 1. The van der Waals surface area contributed by atoms with Gasteiger partial charge in [0.1, 0.15) is 12.4 Å². The highest BCUT2D eigenvalue weighted by Gasteiger charge is 2.13. The number of aromatic nitrogens is 2. The van der Waals surface area contributed by atoms with E-state index in [2.05, 4.69) is 4.98 Å². The molecule has 0 unspecified atom stereocenters. The minimum Gasteiger partial charge on any atom is -0.485 e. The molecule has 1 aromatic heterocycles. The lowest BCUT2D eigenvalue weighted by Crippen LogP contribution is -2.08. The molecule has 0 bridgehead atoms. The Balaban J connectivity index is 2.17. The fraction of sp³-hybridized carbons (Fsp3) is 0.167. The zero-order valence-corrected chi connectivity index (χ0v) is 10.3. The standard InChI is InChI=1S/C12H9ClF2N2O2/c13-9-2-1-3-10(8(9)6-18)19-7-11-16-4-5-17(11)12(14)15/h1-6,12H,7H2. The first-order valence-corrected chi connectivity index (χ1v) is 5.67. The third-order valence-electron chi connectivity index (χ3n) is 2.45. The van der Waals surface area contributed by atoms with E-state index in [1.807, 2.05) is 0 Å². The van der Waals surface area contributed by atoms with Crippen LogP contribution in [-0.2, 0) is 6.61 Å². The molecule has 1 heterocycles. The van der Waals surface area contributed by atoms with Crippen LogP contribution < -0.4 is 4.74 Å². The zero-order valence-electron chi connectivity index (χ0n) is 9.59. The maximum absolute atomic E-state index is 12.6. The molecule has 0 aliphatic carbocycles. The van der Waals surface area contributed by atoms with E-state index in [1.165, 1.54) is 18.3 Å². The number of hydrogen-bond donors (Lipinski definition) is 0. The van der Waals surface area contributed by atoms with Crippen LogP contribution in [0.3, 0.4) is 0 Å². The first-order chi connectivity index (χ1) is 9.13. The molecule has 0 saturated carbocycles. The van der Waals surface area contributed by atoms with E-state index in [0.717, 1.165) is 6.20 Å². The van der Waals surface area contributed by atoms with Gasteiger partial charge in [0.2, 0.25) is 0 Å². The van der Waals surface area contributed by atoms with Crippen molar-refractivity contribution in [3.05, 3.63) is 47.0 Å². The van der Waals surface area contributed by atoms with Gasteiger partial charge >= 0.3 is 6.55 Å². The van der Waals surface area contributed by atoms with Crippen LogP contribution in [0.1, 0.15) is 22.7 Å². The molecule has 0 radical (unpaired) electrons. The van der Waals surface area contributed by atoms with Gasteiger partial charge in [-0.25, -0.2) is 4.98 Å². The van der Waals surface area contributed by atoms with Crippen molar-refractivity contribution in [1.29, 1.82) is 0 Å². The third-order valence-corrected chi connectivity index (χ3v) is 2.78. The third kappa shape index (κ3) is 2.90. The molecule has 0 atom stereocenters. The summed E-state index contributed by atoms with van der Waals surface area (Å²) in [4.78, 5) is 14.6. The van der Waals surface area contributed by atoms with Crippen molar-refractivity contribution < 1.29 is 18.3 Å². The van der Waals surface area contributed by atoms with Crippen LogP contribution in [-0.4, -0.2) is 15.8 Å². The number of alkyl halides is 2. The summed E-state index contributed by atoms with van der Waals surface area (Å²) in [7, 11) is 0. The molecule has 0 N–H and O–H groups in total. The molecule has 0 amide bonds. The van der Waals surface area contributed by atoms with Crippen molar-refractivity contribution in [3.8, 4) is 5.75 Å². The molecule has 1 aromatic carbocycles. The van der Waals surface area contributed by atoms with E-state index in [4.69, 9.17) is 16.3 Å². The van der Waals surface area contributed by atoms with Crippen LogP contribution in [0.2, 0.25) is 5.02 Å². The fourth-order valence-electron chi connectivity index (χ4n) is 1.53. The summed E-state index contributed by atoms with van der Waals surface area (Å²) in [6.45, 7) is -2.87. The van der Waals surface area contributed by atoms with Gasteiger partial charge in [0.25, 0.3) is 0 Å². The summed E-state index contributed by atoms with van der Waals surface area (Å²) in [6, 6.07) is 4.67. The Morgan fingerprint density at radius 3 is 2.95 bits per heavy atom. The van der Waals surface area contributed by atoms with E-state index >= 15 is 0 Å². The molecule has 0 aliphatic rings. The number of halogens is 3. The number of imidazole rings is 1. The van der Waals surface area contributed by atoms with Crippen molar-refractivity contribution in [1.82, 2.24) is 9.55 Å². The molecular weight excluding hydrogens is 278 g/mol. The molecule has 100 valence electrons. The Morgan fingerprint density at radius 2 is 2.26 bits per heavy atom. The molecule has 0 fully saturated rings. The van der Waals surface area contributed by atoms with E-state index < -0.39 is 6.55 Å². The van der Waals surface area contributed by atoms with Crippen LogP contribution in [0, 0.1) is 0 Å².